The second-order valence-electron chi connectivity index (χ2n) is 6.86. The Kier molecular flexibility index (Phi) is 6.56. The van der Waals surface area contributed by atoms with Crippen molar-refractivity contribution in [3.05, 3.63) is 82.5 Å². The van der Waals surface area contributed by atoms with Gasteiger partial charge in [0, 0.05) is 18.3 Å². The molecule has 2 aromatic carbocycles. The van der Waals surface area contributed by atoms with Crippen LogP contribution >= 0.6 is 0 Å². The molecular weight excluding hydrogens is 348 g/mol. The fourth-order valence-corrected chi connectivity index (χ4v) is 3.25. The minimum atomic E-state index is 0.534. The second kappa shape index (κ2) is 9.29. The highest BCUT2D eigenvalue weighted by atomic mass is 16.5. The van der Waals surface area contributed by atoms with Gasteiger partial charge in [-0.25, -0.2) is 0 Å². The van der Waals surface area contributed by atoms with Gasteiger partial charge >= 0.3 is 0 Å². The first kappa shape index (κ1) is 19.8. The number of carbonyl (C=O) groups excluding carboxylic acids is 1. The van der Waals surface area contributed by atoms with E-state index in [1.165, 1.54) is 11.1 Å². The molecule has 28 heavy (non-hydrogen) atoms. The first-order chi connectivity index (χ1) is 13.6. The number of likely N-dealkylation sites (N-methyl/N-ethyl adjacent to an activating group) is 1. The zero-order chi connectivity index (χ0) is 19.9. The molecule has 0 aliphatic heterocycles. The molecule has 0 unspecified atom stereocenters. The summed E-state index contributed by atoms with van der Waals surface area (Å²) in [7, 11) is 1.88. The van der Waals surface area contributed by atoms with Gasteiger partial charge in [-0.05, 0) is 67.8 Å². The minimum absolute atomic E-state index is 0.534. The fraction of sp³-hybridized carbons (Fsp3) is 0.250. The van der Waals surface area contributed by atoms with Crippen LogP contribution in [0.3, 0.4) is 0 Å². The van der Waals surface area contributed by atoms with Gasteiger partial charge in [-0.1, -0.05) is 30.3 Å². The van der Waals surface area contributed by atoms with Crippen molar-refractivity contribution in [2.75, 3.05) is 20.2 Å². The van der Waals surface area contributed by atoms with E-state index in [1.807, 2.05) is 38.2 Å². The summed E-state index contributed by atoms with van der Waals surface area (Å²) in [5, 5.41) is 3.05. The van der Waals surface area contributed by atoms with Crippen LogP contribution in [0.15, 0.2) is 54.7 Å². The topological polar surface area (TPSA) is 51.2 Å². The highest BCUT2D eigenvalue weighted by Gasteiger charge is 2.14. The van der Waals surface area contributed by atoms with E-state index in [0.717, 1.165) is 41.6 Å². The van der Waals surface area contributed by atoms with Crippen LogP contribution in [-0.2, 0) is 6.42 Å². The van der Waals surface area contributed by atoms with Gasteiger partial charge in [0.15, 0.2) is 6.29 Å². The Labute approximate surface area is 166 Å². The Bertz CT molecular complexity index is 935. The van der Waals surface area contributed by atoms with Gasteiger partial charge in [-0.15, -0.1) is 0 Å². The van der Waals surface area contributed by atoms with Crippen LogP contribution < -0.4 is 10.1 Å². The minimum Gasteiger partial charge on any atom is -0.491 e. The molecule has 0 amide bonds. The Morgan fingerprint density at radius 3 is 2.50 bits per heavy atom. The van der Waals surface area contributed by atoms with E-state index < -0.39 is 0 Å². The quantitative estimate of drug-likeness (QED) is 0.470. The molecule has 0 saturated heterocycles. The van der Waals surface area contributed by atoms with Crippen LogP contribution in [0.1, 0.15) is 32.6 Å². The molecule has 0 aliphatic rings. The van der Waals surface area contributed by atoms with E-state index in [0.29, 0.717) is 17.9 Å². The van der Waals surface area contributed by atoms with Gasteiger partial charge in [0.2, 0.25) is 0 Å². The second-order valence-corrected chi connectivity index (χ2v) is 6.86. The van der Waals surface area contributed by atoms with E-state index in [4.69, 9.17) is 4.74 Å². The first-order valence-corrected chi connectivity index (χ1v) is 9.50. The predicted octanol–water partition coefficient (Wildman–Crippen LogP) is 4.37. The van der Waals surface area contributed by atoms with E-state index in [1.54, 1.807) is 6.20 Å². The van der Waals surface area contributed by atoms with Crippen molar-refractivity contribution in [2.45, 2.75) is 20.3 Å². The average Bonchev–Trinajstić information content (AvgIpc) is 2.74. The number of aldehydes is 1. The van der Waals surface area contributed by atoms with E-state index >= 15 is 0 Å². The van der Waals surface area contributed by atoms with Crippen molar-refractivity contribution in [2.24, 2.45) is 0 Å². The number of nitrogens with one attached hydrogen (secondary N) is 1. The summed E-state index contributed by atoms with van der Waals surface area (Å²) in [5.41, 5.74) is 7.21. The third-order valence-corrected chi connectivity index (χ3v) is 5.01. The third-order valence-electron chi connectivity index (χ3n) is 5.01. The number of aromatic nitrogens is 1. The monoisotopic (exact) mass is 374 g/mol. The lowest BCUT2D eigenvalue weighted by molar-refractivity contribution is 0.111. The molecule has 1 N–H and O–H groups in total. The molecule has 144 valence electrons. The van der Waals surface area contributed by atoms with Crippen molar-refractivity contribution >= 4 is 6.29 Å². The summed E-state index contributed by atoms with van der Waals surface area (Å²) in [6, 6.07) is 16.3. The average molecular weight is 374 g/mol. The molecule has 4 nitrogen and oxygen atoms in total. The van der Waals surface area contributed by atoms with E-state index in [-0.39, 0.29) is 0 Å². The van der Waals surface area contributed by atoms with Gasteiger partial charge in [-0.3, -0.25) is 9.78 Å². The lowest BCUT2D eigenvalue weighted by Crippen LogP contribution is -2.17. The number of hydrogen-bond donors (Lipinski definition) is 1. The van der Waals surface area contributed by atoms with E-state index in [2.05, 4.69) is 41.5 Å². The molecule has 0 bridgehead atoms. The predicted molar refractivity (Wildman–Crippen MR) is 113 cm³/mol. The number of pyridine rings is 1. The molecule has 0 fully saturated rings. The summed E-state index contributed by atoms with van der Waals surface area (Å²) in [4.78, 5) is 16.0. The van der Waals surface area contributed by atoms with Crippen LogP contribution in [-0.4, -0.2) is 31.5 Å². The first-order valence-electron chi connectivity index (χ1n) is 9.50. The summed E-state index contributed by atoms with van der Waals surface area (Å²) in [6.07, 6.45) is 3.46. The smallest absolute Gasteiger partial charge is 0.153 e. The molecule has 0 radical (unpaired) electrons. The normalized spacial score (nSPS) is 10.7. The van der Waals surface area contributed by atoms with Gasteiger partial charge in [0.25, 0.3) is 0 Å². The maximum atomic E-state index is 11.6. The maximum absolute atomic E-state index is 11.6. The third kappa shape index (κ3) is 4.46. The summed E-state index contributed by atoms with van der Waals surface area (Å²) in [5.74, 6) is 0.692. The van der Waals surface area contributed by atoms with Crippen LogP contribution in [0.2, 0.25) is 0 Å². The summed E-state index contributed by atoms with van der Waals surface area (Å²) >= 11 is 0. The molecule has 1 heterocycles. The molecule has 0 aliphatic carbocycles. The molecule has 0 atom stereocenters. The number of benzene rings is 2. The Morgan fingerprint density at radius 1 is 1.07 bits per heavy atom. The van der Waals surface area contributed by atoms with Crippen molar-refractivity contribution in [1.29, 1.82) is 0 Å². The molecule has 0 saturated carbocycles. The van der Waals surface area contributed by atoms with Crippen molar-refractivity contribution < 1.29 is 9.53 Å². The zero-order valence-electron chi connectivity index (χ0n) is 16.7. The van der Waals surface area contributed by atoms with Crippen LogP contribution in [0.4, 0.5) is 0 Å². The standard InChI is InChI=1S/C24H26N2O2/c1-17-18(2)24(28-13-12-25-3)22(16-27)15-21(17)14-19-7-9-20(10-8-19)23-6-4-5-11-26-23/h4-11,15-16,25H,12-14H2,1-3H3. The molecular formula is C24H26N2O2. The Hall–Kier alpha value is -2.98. The van der Waals surface area contributed by atoms with Crippen molar-refractivity contribution in [3.63, 3.8) is 0 Å². The van der Waals surface area contributed by atoms with Gasteiger partial charge in [0.05, 0.1) is 11.3 Å². The molecule has 3 rings (SSSR count). The number of ether oxygens (including phenoxy) is 1. The lowest BCUT2D eigenvalue weighted by Gasteiger charge is -2.17. The SMILES string of the molecule is CNCCOc1c(C=O)cc(Cc2ccc(-c3ccccn3)cc2)c(C)c1C. The molecule has 3 aromatic rings. The Balaban J connectivity index is 1.84. The van der Waals surface area contributed by atoms with Gasteiger partial charge < -0.3 is 10.1 Å². The largest absolute Gasteiger partial charge is 0.491 e. The zero-order valence-corrected chi connectivity index (χ0v) is 16.7. The number of carbonyl (C=O) groups is 1. The summed E-state index contributed by atoms with van der Waals surface area (Å²) in [6.45, 7) is 5.38. The van der Waals surface area contributed by atoms with Gasteiger partial charge in [-0.2, -0.15) is 0 Å². The lowest BCUT2D eigenvalue weighted by atomic mass is 9.93. The number of nitrogens with zero attached hydrogens (tertiary/aromatic N) is 1. The highest BCUT2D eigenvalue weighted by Crippen LogP contribution is 2.30. The molecule has 1 aromatic heterocycles. The maximum Gasteiger partial charge on any atom is 0.153 e. The molecule has 4 heteroatoms. The van der Waals surface area contributed by atoms with Crippen LogP contribution in [0.5, 0.6) is 5.75 Å². The van der Waals surface area contributed by atoms with Crippen molar-refractivity contribution in [3.8, 4) is 17.0 Å². The molecule has 0 spiro atoms. The highest BCUT2D eigenvalue weighted by molar-refractivity contribution is 5.81. The van der Waals surface area contributed by atoms with Crippen LogP contribution in [0.25, 0.3) is 11.3 Å². The van der Waals surface area contributed by atoms with Gasteiger partial charge in [0.1, 0.15) is 12.4 Å². The van der Waals surface area contributed by atoms with Crippen LogP contribution in [0, 0.1) is 13.8 Å². The Morgan fingerprint density at radius 2 is 1.86 bits per heavy atom. The number of hydrogen-bond acceptors (Lipinski definition) is 4. The van der Waals surface area contributed by atoms with Crippen molar-refractivity contribution in [1.82, 2.24) is 10.3 Å². The summed E-state index contributed by atoms with van der Waals surface area (Å²) < 4.78 is 5.85. The number of rotatable bonds is 8. The fourth-order valence-electron chi connectivity index (χ4n) is 3.25. The van der Waals surface area contributed by atoms with E-state index in [9.17, 15) is 4.79 Å².